The Kier molecular flexibility index (Phi) is 0.926. The van der Waals surface area contributed by atoms with Crippen molar-refractivity contribution in [3.63, 3.8) is 0 Å². The Bertz CT molecular complexity index is 157. The highest BCUT2D eigenvalue weighted by atomic mass is 16.3. The number of hydrogen-bond acceptors (Lipinski definition) is 3. The van der Waals surface area contributed by atoms with Crippen molar-refractivity contribution in [2.75, 3.05) is 19.6 Å². The molecule has 2 saturated heterocycles. The summed E-state index contributed by atoms with van der Waals surface area (Å²) in [6.07, 6.45) is -0.369. The smallest absolute Gasteiger partial charge is 0.153 e. The first-order chi connectivity index (χ1) is 4.27. The number of piperidine rings is 1. The number of aliphatic hydroxyl groups is 1. The van der Waals surface area contributed by atoms with Crippen LogP contribution in [0.3, 0.4) is 0 Å². The molecule has 0 amide bonds. The molecule has 0 saturated carbocycles. The fourth-order valence-electron chi connectivity index (χ4n) is 1.65. The quantitative estimate of drug-likeness (QED) is 0.447. The van der Waals surface area contributed by atoms with E-state index in [9.17, 15) is 4.79 Å². The second-order valence-corrected chi connectivity index (χ2v) is 2.83. The first-order valence-electron chi connectivity index (χ1n) is 3.20. The average Bonchev–Trinajstić information content (AvgIpc) is 2.22. The highest BCUT2D eigenvalue weighted by molar-refractivity contribution is 5.86. The van der Waals surface area contributed by atoms with E-state index >= 15 is 0 Å². The zero-order chi connectivity index (χ0) is 6.43. The number of carbonyl (C=O) groups is 1. The van der Waals surface area contributed by atoms with Crippen LogP contribution in [-0.4, -0.2) is 41.5 Å². The van der Waals surface area contributed by atoms with E-state index in [0.717, 1.165) is 6.54 Å². The van der Waals surface area contributed by atoms with E-state index in [0.29, 0.717) is 13.1 Å². The summed E-state index contributed by atoms with van der Waals surface area (Å²) < 4.78 is 0. The van der Waals surface area contributed by atoms with Crippen LogP contribution < -0.4 is 0 Å². The molecule has 2 aliphatic rings. The van der Waals surface area contributed by atoms with Gasteiger partial charge in [0.2, 0.25) is 0 Å². The second kappa shape index (κ2) is 1.55. The summed E-state index contributed by atoms with van der Waals surface area (Å²) in [5.74, 6) is 0.166. The third kappa shape index (κ3) is 0.618. The molecular weight excluding hydrogens is 118 g/mol. The van der Waals surface area contributed by atoms with Gasteiger partial charge in [-0.15, -0.1) is 0 Å². The average molecular weight is 127 g/mol. The topological polar surface area (TPSA) is 40.5 Å². The Morgan fingerprint density at radius 2 is 2.33 bits per heavy atom. The molecule has 2 fully saturated rings. The fraction of sp³-hybridized carbons (Fsp3) is 0.833. The predicted molar refractivity (Wildman–Crippen MR) is 30.9 cm³/mol. The number of carbonyl (C=O) groups excluding carboxylic acids is 1. The summed E-state index contributed by atoms with van der Waals surface area (Å²) in [4.78, 5) is 12.8. The minimum Gasteiger partial charge on any atom is -0.391 e. The van der Waals surface area contributed by atoms with E-state index in [2.05, 4.69) is 0 Å². The number of hydrogen-bond donors (Lipinski definition) is 1. The third-order valence-electron chi connectivity index (χ3n) is 2.16. The van der Waals surface area contributed by atoms with Gasteiger partial charge < -0.3 is 5.11 Å². The van der Waals surface area contributed by atoms with Crippen molar-refractivity contribution in [2.24, 2.45) is 5.92 Å². The zero-order valence-corrected chi connectivity index (χ0v) is 5.08. The number of Topliss-reactive ketones (excluding diaryl/α,β-unsaturated/α-hetero) is 1. The van der Waals surface area contributed by atoms with Crippen LogP contribution in [0.25, 0.3) is 0 Å². The molecule has 0 aromatic carbocycles. The van der Waals surface area contributed by atoms with Crippen LogP contribution in [0.15, 0.2) is 0 Å². The van der Waals surface area contributed by atoms with Crippen LogP contribution in [0.5, 0.6) is 0 Å². The van der Waals surface area contributed by atoms with E-state index in [-0.39, 0.29) is 17.8 Å². The van der Waals surface area contributed by atoms with Crippen molar-refractivity contribution in [3.05, 3.63) is 0 Å². The molecule has 9 heavy (non-hydrogen) atoms. The predicted octanol–water partition coefficient (Wildman–Crippen LogP) is -1.14. The summed E-state index contributed by atoms with van der Waals surface area (Å²) >= 11 is 0. The molecule has 1 N–H and O–H groups in total. The highest BCUT2D eigenvalue weighted by Crippen LogP contribution is 2.24. The molecule has 2 rings (SSSR count). The van der Waals surface area contributed by atoms with Gasteiger partial charge in [-0.25, -0.2) is 0 Å². The summed E-state index contributed by atoms with van der Waals surface area (Å²) in [5, 5.41) is 9.13. The number of ketones is 1. The highest BCUT2D eigenvalue weighted by Gasteiger charge is 2.43. The number of nitrogens with zero attached hydrogens (tertiary/aromatic N) is 1. The summed E-state index contributed by atoms with van der Waals surface area (Å²) in [6, 6.07) is 0. The SMILES string of the molecule is O=C1CN2CC(O)C1C2. The molecule has 3 atom stereocenters. The second-order valence-electron chi connectivity index (χ2n) is 2.83. The standard InChI is InChI=1S/C6H9NO2/c8-5-2-7-1-4(5)6(9)3-7/h4-5,8H,1-3H2. The van der Waals surface area contributed by atoms with Gasteiger partial charge in [0.1, 0.15) is 0 Å². The number of fused-ring (bicyclic) bond motifs is 2. The van der Waals surface area contributed by atoms with Crippen molar-refractivity contribution in [2.45, 2.75) is 6.10 Å². The largest absolute Gasteiger partial charge is 0.391 e. The number of rotatable bonds is 0. The van der Waals surface area contributed by atoms with Crippen LogP contribution in [0.1, 0.15) is 0 Å². The monoisotopic (exact) mass is 127 g/mol. The van der Waals surface area contributed by atoms with E-state index in [4.69, 9.17) is 5.11 Å². The lowest BCUT2D eigenvalue weighted by Crippen LogP contribution is -2.34. The van der Waals surface area contributed by atoms with Crippen LogP contribution in [0.4, 0.5) is 0 Å². The Morgan fingerprint density at radius 1 is 1.56 bits per heavy atom. The van der Waals surface area contributed by atoms with Gasteiger partial charge in [0, 0.05) is 13.1 Å². The van der Waals surface area contributed by atoms with Crippen LogP contribution in [0, 0.1) is 5.92 Å². The van der Waals surface area contributed by atoms with Crippen molar-refractivity contribution in [1.29, 1.82) is 0 Å². The van der Waals surface area contributed by atoms with Crippen molar-refractivity contribution >= 4 is 5.78 Å². The van der Waals surface area contributed by atoms with Crippen molar-refractivity contribution < 1.29 is 9.90 Å². The maximum absolute atomic E-state index is 10.8. The summed E-state index contributed by atoms with van der Waals surface area (Å²) in [5.41, 5.74) is 0. The molecule has 2 heterocycles. The minimum atomic E-state index is -0.369. The fourth-order valence-corrected chi connectivity index (χ4v) is 1.65. The first kappa shape index (κ1) is 5.38. The van der Waals surface area contributed by atoms with Gasteiger partial charge in [0.05, 0.1) is 18.6 Å². The molecule has 0 aromatic heterocycles. The molecule has 2 aliphatic heterocycles. The van der Waals surface area contributed by atoms with Gasteiger partial charge in [-0.2, -0.15) is 0 Å². The molecule has 3 nitrogen and oxygen atoms in total. The zero-order valence-electron chi connectivity index (χ0n) is 5.08. The van der Waals surface area contributed by atoms with Crippen molar-refractivity contribution in [1.82, 2.24) is 4.90 Å². The van der Waals surface area contributed by atoms with Gasteiger partial charge in [-0.3, -0.25) is 9.69 Å². The molecule has 3 heteroatoms. The van der Waals surface area contributed by atoms with Crippen molar-refractivity contribution in [3.8, 4) is 0 Å². The lowest BCUT2D eigenvalue weighted by molar-refractivity contribution is -0.124. The van der Waals surface area contributed by atoms with Crippen LogP contribution in [-0.2, 0) is 4.79 Å². The Labute approximate surface area is 53.3 Å². The minimum absolute atomic E-state index is 0.0509. The lowest BCUT2D eigenvalue weighted by atomic mass is 10.0. The third-order valence-corrected chi connectivity index (χ3v) is 2.16. The summed E-state index contributed by atoms with van der Waals surface area (Å²) in [6.45, 7) is 2.07. The maximum Gasteiger partial charge on any atom is 0.153 e. The first-order valence-corrected chi connectivity index (χ1v) is 3.20. The van der Waals surface area contributed by atoms with Gasteiger partial charge >= 0.3 is 0 Å². The van der Waals surface area contributed by atoms with Crippen LogP contribution >= 0.6 is 0 Å². The van der Waals surface area contributed by atoms with E-state index in [1.807, 2.05) is 4.90 Å². The number of aliphatic hydroxyl groups excluding tert-OH is 1. The van der Waals surface area contributed by atoms with E-state index in [1.165, 1.54) is 0 Å². The molecular formula is C6H9NO2. The van der Waals surface area contributed by atoms with Gasteiger partial charge in [0.15, 0.2) is 5.78 Å². The molecule has 2 bridgehead atoms. The van der Waals surface area contributed by atoms with E-state index < -0.39 is 0 Å². The van der Waals surface area contributed by atoms with E-state index in [1.54, 1.807) is 0 Å². The molecule has 0 radical (unpaired) electrons. The lowest BCUT2D eigenvalue weighted by Gasteiger charge is -2.14. The normalized spacial score (nSPS) is 48.6. The Balaban J connectivity index is 2.21. The Hall–Kier alpha value is -0.410. The van der Waals surface area contributed by atoms with Gasteiger partial charge in [0.25, 0.3) is 0 Å². The Morgan fingerprint density at radius 3 is 2.67 bits per heavy atom. The molecule has 0 spiro atoms. The van der Waals surface area contributed by atoms with Crippen LogP contribution in [0.2, 0.25) is 0 Å². The summed E-state index contributed by atoms with van der Waals surface area (Å²) in [7, 11) is 0. The molecule has 0 aliphatic carbocycles. The maximum atomic E-state index is 10.8. The molecule has 50 valence electrons. The molecule has 3 unspecified atom stereocenters. The van der Waals surface area contributed by atoms with Gasteiger partial charge in [-0.05, 0) is 0 Å². The molecule has 0 aromatic rings. The van der Waals surface area contributed by atoms with Gasteiger partial charge in [-0.1, -0.05) is 0 Å².